The second-order valence-corrected chi connectivity index (χ2v) is 5.22. The highest BCUT2D eigenvalue weighted by Gasteiger charge is 2.24. The Morgan fingerprint density at radius 3 is 1.84 bits per heavy atom. The van der Waals surface area contributed by atoms with E-state index in [-0.39, 0.29) is 11.5 Å². The number of phosphoric acid groups is 1. The molecule has 2 aromatic rings. The molecule has 0 amide bonds. The number of hydrogen-bond acceptors (Lipinski definition) is 3. The van der Waals surface area contributed by atoms with Crippen LogP contribution in [0, 0.1) is 12.7 Å². The van der Waals surface area contributed by atoms with Crippen molar-refractivity contribution in [2.75, 3.05) is 0 Å². The zero-order chi connectivity index (χ0) is 13.9. The molecule has 1 unspecified atom stereocenters. The van der Waals surface area contributed by atoms with Gasteiger partial charge in [0.15, 0.2) is 0 Å². The molecule has 2 rings (SSSR count). The third kappa shape index (κ3) is 4.09. The standard InChI is InChI=1S/C13H12FO4P/c1-10-2-6-12(7-3-10)17-19(15,16)18-13-8-4-11(14)5-9-13/h2-9H,1H3,(H,15,16). The van der Waals surface area contributed by atoms with Crippen LogP contribution in [0.5, 0.6) is 11.5 Å². The number of rotatable bonds is 4. The van der Waals surface area contributed by atoms with E-state index in [1.54, 1.807) is 24.3 Å². The zero-order valence-electron chi connectivity index (χ0n) is 10.1. The van der Waals surface area contributed by atoms with Crippen LogP contribution in [0.25, 0.3) is 0 Å². The molecule has 0 aliphatic rings. The summed E-state index contributed by atoms with van der Waals surface area (Å²) in [4.78, 5) is 9.58. The summed E-state index contributed by atoms with van der Waals surface area (Å²) in [7, 11) is -4.29. The van der Waals surface area contributed by atoms with Gasteiger partial charge in [-0.25, -0.2) is 8.96 Å². The average molecular weight is 282 g/mol. The highest BCUT2D eigenvalue weighted by Crippen LogP contribution is 2.44. The van der Waals surface area contributed by atoms with Gasteiger partial charge in [-0.15, -0.1) is 0 Å². The number of aryl methyl sites for hydroxylation is 1. The van der Waals surface area contributed by atoms with Gasteiger partial charge in [-0.3, -0.25) is 4.89 Å². The third-order valence-corrected chi connectivity index (χ3v) is 3.16. The van der Waals surface area contributed by atoms with E-state index < -0.39 is 13.6 Å². The van der Waals surface area contributed by atoms with E-state index in [0.717, 1.165) is 17.7 Å². The molecule has 2 aromatic carbocycles. The van der Waals surface area contributed by atoms with Crippen molar-refractivity contribution in [3.63, 3.8) is 0 Å². The van der Waals surface area contributed by atoms with Crippen LogP contribution in [0.2, 0.25) is 0 Å². The number of benzene rings is 2. The maximum Gasteiger partial charge on any atom is 0.584 e. The summed E-state index contributed by atoms with van der Waals surface area (Å²) in [6.07, 6.45) is 0. The van der Waals surface area contributed by atoms with Crippen molar-refractivity contribution >= 4 is 7.82 Å². The molecule has 0 saturated carbocycles. The molecule has 1 atom stereocenters. The van der Waals surface area contributed by atoms with E-state index in [9.17, 15) is 13.8 Å². The second-order valence-electron chi connectivity index (χ2n) is 3.92. The summed E-state index contributed by atoms with van der Waals surface area (Å²) >= 11 is 0. The molecule has 19 heavy (non-hydrogen) atoms. The molecule has 0 aliphatic heterocycles. The third-order valence-electron chi connectivity index (χ3n) is 2.28. The van der Waals surface area contributed by atoms with Gasteiger partial charge in [0.25, 0.3) is 0 Å². The summed E-state index contributed by atoms with van der Waals surface area (Å²) in [5.74, 6) is -0.183. The van der Waals surface area contributed by atoms with Crippen molar-refractivity contribution in [2.24, 2.45) is 0 Å². The fraction of sp³-hybridized carbons (Fsp3) is 0.0769. The summed E-state index contributed by atoms with van der Waals surface area (Å²) in [6, 6.07) is 11.4. The highest BCUT2D eigenvalue weighted by atomic mass is 31.2. The molecule has 100 valence electrons. The monoisotopic (exact) mass is 282 g/mol. The molecule has 4 nitrogen and oxygen atoms in total. The van der Waals surface area contributed by atoms with E-state index >= 15 is 0 Å². The fourth-order valence-electron chi connectivity index (χ4n) is 1.38. The van der Waals surface area contributed by atoms with Crippen LogP contribution in [0.4, 0.5) is 4.39 Å². The molecule has 0 radical (unpaired) electrons. The van der Waals surface area contributed by atoms with Crippen molar-refractivity contribution in [3.05, 3.63) is 59.9 Å². The van der Waals surface area contributed by atoms with Crippen LogP contribution in [0.3, 0.4) is 0 Å². The van der Waals surface area contributed by atoms with Crippen molar-refractivity contribution in [2.45, 2.75) is 6.92 Å². The van der Waals surface area contributed by atoms with E-state index in [0.29, 0.717) is 0 Å². The Morgan fingerprint density at radius 1 is 0.947 bits per heavy atom. The van der Waals surface area contributed by atoms with E-state index in [2.05, 4.69) is 0 Å². The van der Waals surface area contributed by atoms with Gasteiger partial charge in [-0.05, 0) is 43.3 Å². The molecule has 0 saturated heterocycles. The fourth-order valence-corrected chi connectivity index (χ4v) is 2.19. The molecule has 0 heterocycles. The molecule has 0 spiro atoms. The first-order valence-corrected chi connectivity index (χ1v) is 6.98. The Balaban J connectivity index is 2.08. The van der Waals surface area contributed by atoms with Crippen molar-refractivity contribution in [3.8, 4) is 11.5 Å². The van der Waals surface area contributed by atoms with Crippen LogP contribution in [-0.2, 0) is 4.57 Å². The molecule has 1 N–H and O–H groups in total. The van der Waals surface area contributed by atoms with Gasteiger partial charge in [0.1, 0.15) is 17.3 Å². The van der Waals surface area contributed by atoms with Crippen molar-refractivity contribution in [1.82, 2.24) is 0 Å². The van der Waals surface area contributed by atoms with Gasteiger partial charge in [0.2, 0.25) is 0 Å². The Labute approximate surface area is 110 Å². The van der Waals surface area contributed by atoms with E-state index in [1.165, 1.54) is 12.1 Å². The summed E-state index contributed by atoms with van der Waals surface area (Å²) in [5, 5.41) is 0. The smallest absolute Gasteiger partial charge is 0.395 e. The molecule has 0 bridgehead atoms. The minimum absolute atomic E-state index is 0.0549. The predicted octanol–water partition coefficient (Wildman–Crippen LogP) is 3.69. The Morgan fingerprint density at radius 2 is 1.37 bits per heavy atom. The van der Waals surface area contributed by atoms with Crippen LogP contribution in [0.1, 0.15) is 5.56 Å². The van der Waals surface area contributed by atoms with Crippen LogP contribution in [0.15, 0.2) is 48.5 Å². The SMILES string of the molecule is Cc1ccc(OP(=O)(O)Oc2ccc(F)cc2)cc1. The van der Waals surface area contributed by atoms with Crippen molar-refractivity contribution < 1.29 is 22.9 Å². The molecular formula is C13H12FO4P. The second kappa shape index (κ2) is 5.43. The number of halogens is 1. The van der Waals surface area contributed by atoms with Crippen LogP contribution >= 0.6 is 7.82 Å². The first-order valence-electron chi connectivity index (χ1n) is 5.49. The Kier molecular flexibility index (Phi) is 3.88. The first kappa shape index (κ1) is 13.6. The van der Waals surface area contributed by atoms with Gasteiger partial charge in [-0.1, -0.05) is 17.7 Å². The highest BCUT2D eigenvalue weighted by molar-refractivity contribution is 7.48. The van der Waals surface area contributed by atoms with Gasteiger partial charge in [-0.2, -0.15) is 0 Å². The lowest BCUT2D eigenvalue weighted by atomic mass is 10.2. The molecular weight excluding hydrogens is 270 g/mol. The topological polar surface area (TPSA) is 55.8 Å². The van der Waals surface area contributed by atoms with Crippen LogP contribution in [-0.4, -0.2) is 4.89 Å². The summed E-state index contributed by atoms with van der Waals surface area (Å²) in [5.41, 5.74) is 1.000. The lowest BCUT2D eigenvalue weighted by Gasteiger charge is -2.13. The van der Waals surface area contributed by atoms with E-state index in [4.69, 9.17) is 9.05 Å². The van der Waals surface area contributed by atoms with Gasteiger partial charge in [0.05, 0.1) is 0 Å². The maximum absolute atomic E-state index is 12.7. The molecule has 6 heteroatoms. The van der Waals surface area contributed by atoms with Crippen LogP contribution < -0.4 is 9.05 Å². The Bertz CT molecular complexity index is 544. The number of hydrogen-bond donors (Lipinski definition) is 1. The minimum Gasteiger partial charge on any atom is -0.395 e. The molecule has 0 aromatic heterocycles. The number of phosphoric ester groups is 1. The maximum atomic E-state index is 12.7. The van der Waals surface area contributed by atoms with E-state index in [1.807, 2.05) is 6.92 Å². The Hall–Kier alpha value is -1.84. The quantitative estimate of drug-likeness (QED) is 0.869. The van der Waals surface area contributed by atoms with Gasteiger partial charge < -0.3 is 9.05 Å². The predicted molar refractivity (Wildman–Crippen MR) is 68.7 cm³/mol. The largest absolute Gasteiger partial charge is 0.584 e. The summed E-state index contributed by atoms with van der Waals surface area (Å²) < 4.78 is 34.1. The zero-order valence-corrected chi connectivity index (χ0v) is 11.0. The lowest BCUT2D eigenvalue weighted by molar-refractivity contribution is 0.291. The lowest BCUT2D eigenvalue weighted by Crippen LogP contribution is -1.99. The molecule has 0 fully saturated rings. The summed E-state index contributed by atoms with van der Waals surface area (Å²) in [6.45, 7) is 1.89. The van der Waals surface area contributed by atoms with Gasteiger partial charge >= 0.3 is 7.82 Å². The average Bonchev–Trinajstić information content (AvgIpc) is 2.34. The minimum atomic E-state index is -4.29. The normalized spacial score (nSPS) is 13.6. The molecule has 0 aliphatic carbocycles. The van der Waals surface area contributed by atoms with Gasteiger partial charge in [0, 0.05) is 0 Å². The first-order chi connectivity index (χ1) is 8.94. The van der Waals surface area contributed by atoms with Crippen molar-refractivity contribution in [1.29, 1.82) is 0 Å².